The normalized spacial score (nSPS) is 18.7. The zero-order valence-electron chi connectivity index (χ0n) is 7.95. The second-order valence-corrected chi connectivity index (χ2v) is 3.45. The maximum Gasteiger partial charge on any atom is 0.219 e. The Morgan fingerprint density at radius 3 is 2.31 bits per heavy atom. The van der Waals surface area contributed by atoms with Crippen LogP contribution in [0.5, 0.6) is 0 Å². The van der Waals surface area contributed by atoms with Gasteiger partial charge in [0.05, 0.1) is 7.85 Å². The van der Waals surface area contributed by atoms with Crippen molar-refractivity contribution in [2.24, 2.45) is 5.92 Å². The highest BCUT2D eigenvalue weighted by Gasteiger charge is 2.24. The summed E-state index contributed by atoms with van der Waals surface area (Å²) >= 11 is 0. The van der Waals surface area contributed by atoms with Crippen molar-refractivity contribution in [1.29, 1.82) is 0 Å². The maximum absolute atomic E-state index is 11.2. The number of hydrogen-bond donors (Lipinski definition) is 0. The second kappa shape index (κ2) is 4.44. The molecule has 4 heteroatoms. The summed E-state index contributed by atoms with van der Waals surface area (Å²) < 4.78 is 0. The quantitative estimate of drug-likeness (QED) is 0.575. The van der Waals surface area contributed by atoms with Crippen LogP contribution in [0.1, 0.15) is 19.8 Å². The van der Waals surface area contributed by atoms with Gasteiger partial charge in [0.1, 0.15) is 5.78 Å². The highest BCUT2D eigenvalue weighted by atomic mass is 16.2. The van der Waals surface area contributed by atoms with Gasteiger partial charge < -0.3 is 9.69 Å². The van der Waals surface area contributed by atoms with Gasteiger partial charge in [0.15, 0.2) is 0 Å². The summed E-state index contributed by atoms with van der Waals surface area (Å²) in [4.78, 5) is 24.0. The van der Waals surface area contributed by atoms with E-state index >= 15 is 0 Å². The van der Waals surface area contributed by atoms with Crippen molar-refractivity contribution in [2.45, 2.75) is 26.1 Å². The number of rotatable bonds is 2. The Kier molecular flexibility index (Phi) is 3.52. The zero-order valence-corrected chi connectivity index (χ0v) is 7.95. The molecule has 3 nitrogen and oxygen atoms in total. The minimum Gasteiger partial charge on any atom is -0.343 e. The summed E-state index contributed by atoms with van der Waals surface area (Å²) in [6, 6.07) is 0. The van der Waals surface area contributed by atoms with Gasteiger partial charge in [-0.15, -0.1) is 0 Å². The zero-order chi connectivity index (χ0) is 9.84. The number of carbonyl (C=O) groups excluding carboxylic acids is 2. The number of piperidine rings is 1. The lowest BCUT2D eigenvalue weighted by Gasteiger charge is -2.30. The predicted octanol–water partition coefficient (Wildman–Crippen LogP) is 0.401. The number of hydrogen-bond acceptors (Lipinski definition) is 2. The van der Waals surface area contributed by atoms with Gasteiger partial charge in [-0.1, -0.05) is 0 Å². The van der Waals surface area contributed by atoms with Crippen LogP contribution in [0, 0.1) is 5.92 Å². The van der Waals surface area contributed by atoms with Crippen molar-refractivity contribution < 1.29 is 9.59 Å². The van der Waals surface area contributed by atoms with E-state index in [1.807, 2.05) is 0 Å². The van der Waals surface area contributed by atoms with Crippen molar-refractivity contribution in [2.75, 3.05) is 13.1 Å². The van der Waals surface area contributed by atoms with Crippen LogP contribution in [0.3, 0.4) is 0 Å². The van der Waals surface area contributed by atoms with Crippen LogP contribution in [-0.2, 0) is 9.59 Å². The molecule has 2 radical (unpaired) electrons. The number of ketones is 1. The van der Waals surface area contributed by atoms with Crippen LogP contribution in [-0.4, -0.2) is 37.5 Å². The minimum atomic E-state index is 0.0839. The lowest BCUT2D eigenvalue weighted by Crippen LogP contribution is -2.38. The highest BCUT2D eigenvalue weighted by Crippen LogP contribution is 2.18. The average molecular weight is 179 g/mol. The molecule has 1 heterocycles. The largest absolute Gasteiger partial charge is 0.343 e. The Morgan fingerprint density at radius 2 is 1.92 bits per heavy atom. The third-order valence-corrected chi connectivity index (χ3v) is 2.60. The molecule has 1 saturated heterocycles. The Balaban J connectivity index is 2.39. The van der Waals surface area contributed by atoms with E-state index in [4.69, 9.17) is 7.85 Å². The molecule has 70 valence electrons. The highest BCUT2D eigenvalue weighted by molar-refractivity contribution is 6.20. The van der Waals surface area contributed by atoms with Crippen LogP contribution in [0.4, 0.5) is 0 Å². The first-order chi connectivity index (χ1) is 6.15. The lowest BCUT2D eigenvalue weighted by atomic mass is 9.85. The van der Waals surface area contributed by atoms with Gasteiger partial charge in [-0.2, -0.15) is 0 Å². The molecule has 0 aliphatic carbocycles. The van der Waals surface area contributed by atoms with Crippen molar-refractivity contribution in [3.05, 3.63) is 0 Å². The van der Waals surface area contributed by atoms with E-state index in [2.05, 4.69) is 0 Å². The van der Waals surface area contributed by atoms with E-state index in [0.717, 1.165) is 12.8 Å². The van der Waals surface area contributed by atoms with Gasteiger partial charge >= 0.3 is 0 Å². The van der Waals surface area contributed by atoms with E-state index in [1.165, 1.54) is 0 Å². The lowest BCUT2D eigenvalue weighted by molar-refractivity contribution is -0.132. The summed E-state index contributed by atoms with van der Waals surface area (Å²) in [5.41, 5.74) is 0. The van der Waals surface area contributed by atoms with Crippen LogP contribution in [0.15, 0.2) is 0 Å². The maximum atomic E-state index is 11.2. The van der Waals surface area contributed by atoms with Crippen LogP contribution in [0.25, 0.3) is 0 Å². The summed E-state index contributed by atoms with van der Waals surface area (Å²) in [5.74, 6) is 0.308. The average Bonchev–Trinajstić information content (AvgIpc) is 2.17. The number of amides is 1. The number of Topliss-reactive ketones (excluding diaryl/α,β-unsaturated/α-hetero) is 1. The van der Waals surface area contributed by atoms with E-state index in [9.17, 15) is 9.59 Å². The molecule has 0 atom stereocenters. The monoisotopic (exact) mass is 179 g/mol. The molecular formula is C9H14BNO2. The smallest absolute Gasteiger partial charge is 0.219 e. The van der Waals surface area contributed by atoms with Crippen LogP contribution >= 0.6 is 0 Å². The van der Waals surface area contributed by atoms with Gasteiger partial charge in [-0.25, -0.2) is 0 Å². The van der Waals surface area contributed by atoms with Crippen LogP contribution in [0.2, 0.25) is 6.32 Å². The molecule has 1 rings (SSSR count). The molecule has 0 aromatic carbocycles. The molecule has 0 aromatic heterocycles. The Hall–Kier alpha value is -0.795. The van der Waals surface area contributed by atoms with Crippen molar-refractivity contribution in [3.8, 4) is 0 Å². The van der Waals surface area contributed by atoms with Gasteiger partial charge in [0.25, 0.3) is 0 Å². The van der Waals surface area contributed by atoms with E-state index in [1.54, 1.807) is 11.8 Å². The van der Waals surface area contributed by atoms with Gasteiger partial charge in [0, 0.05) is 25.9 Å². The van der Waals surface area contributed by atoms with Crippen LogP contribution < -0.4 is 0 Å². The standard InChI is InChI=1S/C9H14BNO2/c1-7(12)11-4-2-8(3-5-11)9(13)6-10/h8H,2-6H2,1H3. The fourth-order valence-electron chi connectivity index (χ4n) is 1.68. The molecule has 0 unspecified atom stereocenters. The summed E-state index contributed by atoms with van der Waals surface area (Å²) in [6.45, 7) is 2.96. The van der Waals surface area contributed by atoms with Crippen molar-refractivity contribution in [3.63, 3.8) is 0 Å². The fraction of sp³-hybridized carbons (Fsp3) is 0.778. The first-order valence-corrected chi connectivity index (χ1v) is 4.63. The molecule has 0 saturated carbocycles. The van der Waals surface area contributed by atoms with Gasteiger partial charge in [0.2, 0.25) is 5.91 Å². The third kappa shape index (κ3) is 2.57. The molecule has 0 N–H and O–H groups in total. The summed E-state index contributed by atoms with van der Waals surface area (Å²) in [7, 11) is 5.27. The van der Waals surface area contributed by atoms with Gasteiger partial charge in [-0.05, 0) is 19.2 Å². The van der Waals surface area contributed by atoms with Gasteiger partial charge in [-0.3, -0.25) is 4.79 Å². The number of nitrogens with zero attached hydrogens (tertiary/aromatic N) is 1. The fourth-order valence-corrected chi connectivity index (χ4v) is 1.68. The molecule has 1 amide bonds. The molecular weight excluding hydrogens is 165 g/mol. The SMILES string of the molecule is [B]CC(=O)C1CCN(C(C)=O)CC1. The Bertz CT molecular complexity index is 210. The van der Waals surface area contributed by atoms with Crippen molar-refractivity contribution in [1.82, 2.24) is 4.90 Å². The minimum absolute atomic E-state index is 0.0839. The molecule has 1 aliphatic heterocycles. The first kappa shape index (κ1) is 10.3. The molecule has 1 aliphatic rings. The molecule has 13 heavy (non-hydrogen) atoms. The Morgan fingerprint density at radius 1 is 1.38 bits per heavy atom. The topological polar surface area (TPSA) is 37.4 Å². The number of carbonyl (C=O) groups is 2. The molecule has 1 fully saturated rings. The molecule has 0 bridgehead atoms. The second-order valence-electron chi connectivity index (χ2n) is 3.45. The van der Waals surface area contributed by atoms with Crippen molar-refractivity contribution >= 4 is 19.5 Å². The number of likely N-dealkylation sites (tertiary alicyclic amines) is 1. The molecule has 0 spiro atoms. The van der Waals surface area contributed by atoms with E-state index in [-0.39, 0.29) is 23.9 Å². The summed E-state index contributed by atoms with van der Waals surface area (Å²) in [6.07, 6.45) is 1.68. The third-order valence-electron chi connectivity index (χ3n) is 2.60. The van der Waals surface area contributed by atoms with E-state index < -0.39 is 0 Å². The summed E-state index contributed by atoms with van der Waals surface area (Å²) in [5, 5.41) is 0. The first-order valence-electron chi connectivity index (χ1n) is 4.63. The van der Waals surface area contributed by atoms with E-state index in [0.29, 0.717) is 13.1 Å². The predicted molar refractivity (Wildman–Crippen MR) is 50.5 cm³/mol. The Labute approximate surface area is 79.9 Å². The molecule has 0 aromatic rings.